The Morgan fingerprint density at radius 1 is 1.31 bits per heavy atom. The predicted molar refractivity (Wildman–Crippen MR) is 115 cm³/mol. The van der Waals surface area contributed by atoms with Crippen LogP contribution in [0.25, 0.3) is 11.5 Å². The molecule has 1 aliphatic heterocycles. The fourth-order valence-corrected chi connectivity index (χ4v) is 4.08. The van der Waals surface area contributed by atoms with Crippen LogP contribution in [0.3, 0.4) is 0 Å². The normalized spacial score (nSPS) is 17.8. The summed E-state index contributed by atoms with van der Waals surface area (Å²) in [4.78, 5) is 25.6. The first kappa shape index (κ1) is 24.9. The Hall–Kier alpha value is -4.17. The van der Waals surface area contributed by atoms with Gasteiger partial charge in [-0.25, -0.2) is 4.79 Å². The van der Waals surface area contributed by atoms with Gasteiger partial charge in [-0.3, -0.25) is 9.48 Å². The number of likely N-dealkylation sites (tertiary alicyclic amines) is 1. The minimum absolute atomic E-state index is 0.0406. The van der Waals surface area contributed by atoms with Gasteiger partial charge in [-0.2, -0.15) is 0 Å². The van der Waals surface area contributed by atoms with Gasteiger partial charge < -0.3 is 24.5 Å². The summed E-state index contributed by atoms with van der Waals surface area (Å²) in [6.07, 6.45) is -1.40. The van der Waals surface area contributed by atoms with Crippen LogP contribution < -0.4 is 10.1 Å². The molecule has 15 heteroatoms. The topological polar surface area (TPSA) is 148 Å². The Morgan fingerprint density at radius 2 is 2.11 bits per heavy atom. The number of nitrogens with one attached hydrogen (secondary N) is 1. The highest BCUT2D eigenvalue weighted by Crippen LogP contribution is 2.31. The highest BCUT2D eigenvalue weighted by molar-refractivity contribution is 5.90. The number of ether oxygens (including phenoxy) is 1. The minimum Gasteiger partial charge on any atom is -0.465 e. The summed E-state index contributed by atoms with van der Waals surface area (Å²) in [5, 5.41) is 27.3. The standard InChI is InChI=1S/C21H22F3N7O5/c1-2-3-12-4-5-15(36-21(22,23)24)9-16(12)18-27-28-19(35-18)17(32)26-13-8-14(31(10-13)20(33)34)11-30-7-6-25-29-30/h4-7,9,13-14H,2-3,8,10-11H2,1H3,(H,26,32)(H,33,34)/t13-,14+/m1/s1. The first-order chi connectivity index (χ1) is 17.1. The van der Waals surface area contributed by atoms with Crippen LogP contribution in [0.2, 0.25) is 0 Å². The molecule has 1 aliphatic rings. The molecular formula is C21H22F3N7O5. The number of halogens is 3. The van der Waals surface area contributed by atoms with E-state index in [1.165, 1.54) is 27.9 Å². The maximum atomic E-state index is 12.7. The van der Waals surface area contributed by atoms with Crippen molar-refractivity contribution in [1.29, 1.82) is 0 Å². The lowest BCUT2D eigenvalue weighted by molar-refractivity contribution is -0.274. The zero-order valence-corrected chi connectivity index (χ0v) is 19.0. The zero-order valence-electron chi connectivity index (χ0n) is 19.0. The van der Waals surface area contributed by atoms with Crippen LogP contribution >= 0.6 is 0 Å². The van der Waals surface area contributed by atoms with E-state index < -0.39 is 42.1 Å². The van der Waals surface area contributed by atoms with Crippen molar-refractivity contribution in [2.75, 3.05) is 6.54 Å². The third kappa shape index (κ3) is 5.90. The molecule has 3 heterocycles. The summed E-state index contributed by atoms with van der Waals surface area (Å²) < 4.78 is 49.0. The highest BCUT2D eigenvalue weighted by Gasteiger charge is 2.37. The first-order valence-electron chi connectivity index (χ1n) is 11.0. The average Bonchev–Trinajstić information content (AvgIpc) is 3.55. The first-order valence-corrected chi connectivity index (χ1v) is 11.0. The van der Waals surface area contributed by atoms with Crippen molar-refractivity contribution < 1.29 is 37.0 Å². The number of hydrogen-bond donors (Lipinski definition) is 2. The lowest BCUT2D eigenvalue weighted by Gasteiger charge is -2.20. The van der Waals surface area contributed by atoms with E-state index in [0.717, 1.165) is 6.07 Å². The molecule has 1 saturated heterocycles. The fourth-order valence-electron chi connectivity index (χ4n) is 4.08. The van der Waals surface area contributed by atoms with Gasteiger partial charge in [0.15, 0.2) is 0 Å². The van der Waals surface area contributed by atoms with Crippen molar-refractivity contribution in [1.82, 2.24) is 35.4 Å². The molecule has 4 rings (SSSR count). The predicted octanol–water partition coefficient (Wildman–Crippen LogP) is 2.73. The molecule has 0 saturated carbocycles. The number of amides is 2. The van der Waals surface area contributed by atoms with E-state index in [2.05, 4.69) is 30.6 Å². The number of rotatable bonds is 8. The molecule has 0 spiro atoms. The molecule has 2 N–H and O–H groups in total. The largest absolute Gasteiger partial charge is 0.573 e. The van der Waals surface area contributed by atoms with Crippen LogP contribution in [-0.2, 0) is 13.0 Å². The van der Waals surface area contributed by atoms with E-state index in [-0.39, 0.29) is 24.5 Å². The van der Waals surface area contributed by atoms with Crippen molar-refractivity contribution in [3.63, 3.8) is 0 Å². The molecule has 12 nitrogen and oxygen atoms in total. The summed E-state index contributed by atoms with van der Waals surface area (Å²) in [5.74, 6) is -1.74. The summed E-state index contributed by atoms with van der Waals surface area (Å²) in [6, 6.07) is 2.82. The van der Waals surface area contributed by atoms with Crippen LogP contribution in [0, 0.1) is 0 Å². The summed E-state index contributed by atoms with van der Waals surface area (Å²) in [7, 11) is 0. The third-order valence-corrected chi connectivity index (χ3v) is 5.55. The second kappa shape index (κ2) is 10.2. The maximum absolute atomic E-state index is 12.7. The van der Waals surface area contributed by atoms with Crippen molar-refractivity contribution in [3.05, 3.63) is 42.0 Å². The van der Waals surface area contributed by atoms with Crippen molar-refractivity contribution in [3.8, 4) is 17.2 Å². The van der Waals surface area contributed by atoms with Gasteiger partial charge in [0.1, 0.15) is 5.75 Å². The number of carbonyl (C=O) groups excluding carboxylic acids is 1. The fraction of sp³-hybridized carbons (Fsp3) is 0.429. The molecule has 2 amide bonds. The van der Waals surface area contributed by atoms with Gasteiger partial charge in [0, 0.05) is 24.3 Å². The van der Waals surface area contributed by atoms with E-state index in [4.69, 9.17) is 4.42 Å². The van der Waals surface area contributed by atoms with Gasteiger partial charge >= 0.3 is 24.3 Å². The Bertz CT molecular complexity index is 1210. The zero-order chi connectivity index (χ0) is 25.9. The molecule has 0 radical (unpaired) electrons. The quantitative estimate of drug-likeness (QED) is 0.467. The van der Waals surface area contributed by atoms with Crippen LogP contribution in [0.1, 0.15) is 36.0 Å². The smallest absolute Gasteiger partial charge is 0.465 e. The van der Waals surface area contributed by atoms with E-state index in [9.17, 15) is 27.9 Å². The van der Waals surface area contributed by atoms with Gasteiger partial charge in [0.05, 0.1) is 18.8 Å². The maximum Gasteiger partial charge on any atom is 0.573 e. The molecule has 192 valence electrons. The molecule has 1 fully saturated rings. The summed E-state index contributed by atoms with van der Waals surface area (Å²) in [5.41, 5.74) is 0.863. The number of carbonyl (C=O) groups is 2. The van der Waals surface area contributed by atoms with Crippen molar-refractivity contribution in [2.45, 2.75) is 51.2 Å². The summed E-state index contributed by atoms with van der Waals surface area (Å²) >= 11 is 0. The number of alkyl halides is 3. The van der Waals surface area contributed by atoms with Gasteiger partial charge in [-0.1, -0.05) is 24.6 Å². The molecule has 2 atom stereocenters. The third-order valence-electron chi connectivity index (χ3n) is 5.55. The molecule has 0 bridgehead atoms. The lowest BCUT2D eigenvalue weighted by Crippen LogP contribution is -2.39. The Kier molecular flexibility index (Phi) is 7.07. The van der Waals surface area contributed by atoms with Gasteiger partial charge in [0.25, 0.3) is 0 Å². The van der Waals surface area contributed by atoms with Crippen LogP contribution in [0.4, 0.5) is 18.0 Å². The second-order valence-corrected chi connectivity index (χ2v) is 8.15. The van der Waals surface area contributed by atoms with E-state index in [1.54, 1.807) is 6.20 Å². The monoisotopic (exact) mass is 509 g/mol. The molecule has 1 aromatic carbocycles. The Balaban J connectivity index is 1.48. The Morgan fingerprint density at radius 3 is 2.78 bits per heavy atom. The number of hydrogen-bond acceptors (Lipinski definition) is 8. The SMILES string of the molecule is CCCc1ccc(OC(F)(F)F)cc1-c1nnc(C(=O)N[C@@H]2C[C@@H](Cn3ccnn3)N(C(=O)O)C2)o1. The number of aryl methyl sites for hydroxylation is 1. The highest BCUT2D eigenvalue weighted by atomic mass is 19.4. The number of nitrogens with zero attached hydrogens (tertiary/aromatic N) is 6. The molecular weight excluding hydrogens is 487 g/mol. The van der Waals surface area contributed by atoms with Gasteiger partial charge in [-0.15, -0.1) is 28.5 Å². The van der Waals surface area contributed by atoms with Crippen LogP contribution in [0.15, 0.2) is 35.0 Å². The van der Waals surface area contributed by atoms with Crippen LogP contribution in [-0.4, -0.2) is 72.2 Å². The number of aromatic nitrogens is 5. The molecule has 0 unspecified atom stereocenters. The number of carboxylic acid groups (broad SMARTS) is 1. The lowest BCUT2D eigenvalue weighted by atomic mass is 10.0. The summed E-state index contributed by atoms with van der Waals surface area (Å²) in [6.45, 7) is 2.20. The Labute approximate surface area is 202 Å². The molecule has 2 aromatic heterocycles. The van der Waals surface area contributed by atoms with E-state index >= 15 is 0 Å². The van der Waals surface area contributed by atoms with Gasteiger partial charge in [-0.05, 0) is 30.5 Å². The van der Waals surface area contributed by atoms with E-state index in [0.29, 0.717) is 24.8 Å². The molecule has 3 aromatic rings. The van der Waals surface area contributed by atoms with E-state index in [1.807, 2.05) is 6.92 Å². The average molecular weight is 509 g/mol. The van der Waals surface area contributed by atoms with Crippen molar-refractivity contribution in [2.24, 2.45) is 0 Å². The van der Waals surface area contributed by atoms with Crippen molar-refractivity contribution >= 4 is 12.0 Å². The minimum atomic E-state index is -4.87. The number of benzene rings is 1. The molecule has 36 heavy (non-hydrogen) atoms. The second-order valence-electron chi connectivity index (χ2n) is 8.15. The molecule has 0 aliphatic carbocycles. The van der Waals surface area contributed by atoms with Gasteiger partial charge in [0.2, 0.25) is 5.89 Å². The van der Waals surface area contributed by atoms with Crippen LogP contribution in [0.5, 0.6) is 5.75 Å².